The average molecular weight is 289 g/mol. The van der Waals surface area contributed by atoms with Crippen LogP contribution < -0.4 is 11.2 Å². The minimum absolute atomic E-state index is 0.383. The fourth-order valence-electron chi connectivity index (χ4n) is 2.82. The van der Waals surface area contributed by atoms with Crippen LogP contribution in [0.15, 0.2) is 0 Å². The van der Waals surface area contributed by atoms with Crippen LogP contribution >= 0.6 is 0 Å². The Hall–Kier alpha value is -1.14. The van der Waals surface area contributed by atoms with Crippen LogP contribution in [0.5, 0.6) is 0 Å². The highest BCUT2D eigenvalue weighted by Crippen LogP contribution is 2.39. The van der Waals surface area contributed by atoms with E-state index in [1.54, 1.807) is 0 Å². The van der Waals surface area contributed by atoms with Crippen molar-refractivity contribution in [2.75, 3.05) is 5.73 Å². The van der Waals surface area contributed by atoms with Crippen molar-refractivity contribution in [1.29, 1.82) is 0 Å². The Kier molecular flexibility index (Phi) is 3.30. The largest absolute Gasteiger partial charge is 0.500 e. The number of nitrogen functional groups attached to an aromatic ring is 1. The Morgan fingerprint density at radius 1 is 1.10 bits per heavy atom. The van der Waals surface area contributed by atoms with Gasteiger partial charge in [0.25, 0.3) is 0 Å². The first-order chi connectivity index (χ1) is 9.71. The van der Waals surface area contributed by atoms with Gasteiger partial charge in [-0.1, -0.05) is 6.42 Å². The summed E-state index contributed by atoms with van der Waals surface area (Å²) in [6.07, 6.45) is 3.56. The van der Waals surface area contributed by atoms with Gasteiger partial charge in [0.2, 0.25) is 0 Å². The van der Waals surface area contributed by atoms with Gasteiger partial charge in [0.05, 0.1) is 11.2 Å². The maximum absolute atomic E-state index is 6.18. The van der Waals surface area contributed by atoms with Crippen molar-refractivity contribution in [1.82, 2.24) is 9.97 Å². The van der Waals surface area contributed by atoms with Crippen molar-refractivity contribution in [3.05, 3.63) is 11.5 Å². The highest BCUT2D eigenvalue weighted by Gasteiger charge is 2.53. The van der Waals surface area contributed by atoms with Gasteiger partial charge in [0.1, 0.15) is 11.6 Å². The van der Waals surface area contributed by atoms with Gasteiger partial charge in [-0.2, -0.15) is 0 Å². The normalized spacial score (nSPS) is 24.1. The standard InChI is InChI=1S/C15H24BN3O2/c1-9-18-12(10-7-6-8-10)11(13(17)19-9)16-20-14(2,3)15(4,5)21-16/h10H,6-8H2,1-5H3,(H2,17,18,19). The maximum Gasteiger partial charge on any atom is 0.500 e. The van der Waals surface area contributed by atoms with Gasteiger partial charge in [-0.05, 0) is 47.5 Å². The van der Waals surface area contributed by atoms with Crippen molar-refractivity contribution < 1.29 is 9.31 Å². The minimum Gasteiger partial charge on any atom is -0.399 e. The lowest BCUT2D eigenvalue weighted by atomic mass is 9.71. The zero-order valence-corrected chi connectivity index (χ0v) is 13.6. The van der Waals surface area contributed by atoms with Crippen LogP contribution in [0.25, 0.3) is 0 Å². The number of nitrogens with two attached hydrogens (primary N) is 1. The van der Waals surface area contributed by atoms with Gasteiger partial charge in [0, 0.05) is 17.1 Å². The molecule has 6 heteroatoms. The molecule has 1 aromatic rings. The molecule has 114 valence electrons. The summed E-state index contributed by atoms with van der Waals surface area (Å²) in [7, 11) is -0.480. The van der Waals surface area contributed by atoms with Crippen LogP contribution in [-0.4, -0.2) is 28.3 Å². The molecule has 1 aliphatic carbocycles. The summed E-state index contributed by atoms with van der Waals surface area (Å²) in [5, 5.41) is 0. The molecule has 1 saturated carbocycles. The molecule has 0 amide bonds. The zero-order chi connectivity index (χ0) is 15.4. The lowest BCUT2D eigenvalue weighted by Crippen LogP contribution is -2.41. The van der Waals surface area contributed by atoms with Crippen LogP contribution in [0.2, 0.25) is 0 Å². The Balaban J connectivity index is 2.03. The molecule has 5 nitrogen and oxygen atoms in total. The third-order valence-electron chi connectivity index (χ3n) is 5.10. The van der Waals surface area contributed by atoms with E-state index in [2.05, 4.69) is 9.97 Å². The van der Waals surface area contributed by atoms with E-state index in [1.165, 1.54) is 6.42 Å². The first-order valence-corrected chi connectivity index (χ1v) is 7.71. The van der Waals surface area contributed by atoms with Crippen LogP contribution in [-0.2, 0) is 9.31 Å². The molecule has 0 bridgehead atoms. The van der Waals surface area contributed by atoms with E-state index in [1.807, 2.05) is 34.6 Å². The molecule has 3 rings (SSSR count). The summed E-state index contributed by atoms with van der Waals surface area (Å²) in [5.74, 6) is 1.67. The van der Waals surface area contributed by atoms with Gasteiger partial charge in [-0.3, -0.25) is 0 Å². The van der Waals surface area contributed by atoms with E-state index in [4.69, 9.17) is 15.0 Å². The second kappa shape index (κ2) is 4.68. The highest BCUT2D eigenvalue weighted by atomic mass is 16.7. The van der Waals surface area contributed by atoms with E-state index < -0.39 is 7.12 Å². The summed E-state index contributed by atoms with van der Waals surface area (Å²) in [6, 6.07) is 0. The Morgan fingerprint density at radius 2 is 1.67 bits per heavy atom. The first kappa shape index (κ1) is 14.8. The van der Waals surface area contributed by atoms with E-state index in [-0.39, 0.29) is 11.2 Å². The van der Waals surface area contributed by atoms with E-state index >= 15 is 0 Å². The quantitative estimate of drug-likeness (QED) is 0.842. The lowest BCUT2D eigenvalue weighted by Gasteiger charge is -2.32. The van der Waals surface area contributed by atoms with Crippen LogP contribution in [0, 0.1) is 6.92 Å². The van der Waals surface area contributed by atoms with Crippen molar-refractivity contribution in [2.24, 2.45) is 0 Å². The topological polar surface area (TPSA) is 70.3 Å². The summed E-state index contributed by atoms with van der Waals surface area (Å²) < 4.78 is 12.3. The fourth-order valence-corrected chi connectivity index (χ4v) is 2.82. The van der Waals surface area contributed by atoms with E-state index in [9.17, 15) is 0 Å². The van der Waals surface area contributed by atoms with Crippen molar-refractivity contribution >= 4 is 18.4 Å². The Labute approximate surface area is 126 Å². The second-order valence-electron chi connectivity index (χ2n) is 7.17. The Morgan fingerprint density at radius 3 is 2.14 bits per heavy atom. The smallest absolute Gasteiger partial charge is 0.399 e. The Bertz CT molecular complexity index is 554. The monoisotopic (exact) mass is 289 g/mol. The first-order valence-electron chi connectivity index (χ1n) is 7.71. The molecule has 2 N–H and O–H groups in total. The van der Waals surface area contributed by atoms with Gasteiger partial charge in [-0.15, -0.1) is 0 Å². The van der Waals surface area contributed by atoms with Crippen molar-refractivity contribution in [3.63, 3.8) is 0 Å². The number of rotatable bonds is 2. The van der Waals surface area contributed by atoms with Gasteiger partial charge in [-0.25, -0.2) is 9.97 Å². The summed E-state index contributed by atoms with van der Waals surface area (Å²) in [5.41, 5.74) is 7.27. The molecule has 1 saturated heterocycles. The van der Waals surface area contributed by atoms with Gasteiger partial charge in [0.15, 0.2) is 0 Å². The third-order valence-corrected chi connectivity index (χ3v) is 5.10. The number of anilines is 1. The number of nitrogens with zero attached hydrogens (tertiary/aromatic N) is 2. The van der Waals surface area contributed by atoms with Crippen LogP contribution in [0.3, 0.4) is 0 Å². The fraction of sp³-hybridized carbons (Fsp3) is 0.733. The molecule has 0 atom stereocenters. The van der Waals surface area contributed by atoms with Gasteiger partial charge < -0.3 is 15.0 Å². The summed E-state index contributed by atoms with van der Waals surface area (Å²) in [6.45, 7) is 10.1. The molecular weight excluding hydrogens is 265 g/mol. The highest BCUT2D eigenvalue weighted by molar-refractivity contribution is 6.64. The molecule has 1 aromatic heterocycles. The summed E-state index contributed by atoms with van der Waals surface area (Å²) >= 11 is 0. The van der Waals surface area contributed by atoms with Crippen molar-refractivity contribution in [3.8, 4) is 0 Å². The number of hydrogen-bond donors (Lipinski definition) is 1. The number of aromatic nitrogens is 2. The molecule has 2 aliphatic rings. The van der Waals surface area contributed by atoms with Crippen molar-refractivity contribution in [2.45, 2.75) is 71.0 Å². The molecule has 0 unspecified atom stereocenters. The van der Waals surface area contributed by atoms with Gasteiger partial charge >= 0.3 is 7.12 Å². The molecule has 0 aromatic carbocycles. The second-order valence-corrected chi connectivity index (χ2v) is 7.17. The van der Waals surface area contributed by atoms with E-state index in [0.717, 1.165) is 29.8 Å². The van der Waals surface area contributed by atoms with E-state index in [0.29, 0.717) is 11.7 Å². The predicted octanol–water partition coefficient (Wildman–Crippen LogP) is 1.93. The van der Waals surface area contributed by atoms with Crippen LogP contribution in [0.4, 0.5) is 5.82 Å². The average Bonchev–Trinajstić information content (AvgIpc) is 2.43. The molecule has 2 fully saturated rings. The maximum atomic E-state index is 6.18. The van der Waals surface area contributed by atoms with Crippen LogP contribution in [0.1, 0.15) is 64.4 Å². The SMILES string of the molecule is Cc1nc(N)c(B2OC(C)(C)C(C)(C)O2)c(C2CCC2)n1. The zero-order valence-electron chi connectivity index (χ0n) is 13.6. The minimum atomic E-state index is -0.480. The predicted molar refractivity (Wildman–Crippen MR) is 83.5 cm³/mol. The molecular formula is C15H24BN3O2. The number of aryl methyl sites for hydroxylation is 1. The summed E-state index contributed by atoms with van der Waals surface area (Å²) in [4.78, 5) is 8.97. The molecule has 0 spiro atoms. The molecule has 21 heavy (non-hydrogen) atoms. The molecule has 0 radical (unpaired) electrons. The third kappa shape index (κ3) is 2.34. The molecule has 1 aliphatic heterocycles. The lowest BCUT2D eigenvalue weighted by molar-refractivity contribution is 0.00578. The number of hydrogen-bond acceptors (Lipinski definition) is 5. The molecule has 2 heterocycles.